The van der Waals surface area contributed by atoms with Gasteiger partial charge in [0.1, 0.15) is 11.5 Å². The van der Waals surface area contributed by atoms with Crippen LogP contribution in [0.2, 0.25) is 0 Å². The summed E-state index contributed by atoms with van der Waals surface area (Å²) in [5, 5.41) is 9.32. The minimum Gasteiger partial charge on any atom is -0.507 e. The van der Waals surface area contributed by atoms with Crippen molar-refractivity contribution in [1.29, 1.82) is 0 Å². The molecule has 39 heavy (non-hydrogen) atoms. The first kappa shape index (κ1) is 36.1. The molecule has 0 amide bonds. The minimum atomic E-state index is -0.463. The van der Waals surface area contributed by atoms with Gasteiger partial charge >= 0.3 is 5.97 Å². The van der Waals surface area contributed by atoms with E-state index in [9.17, 15) is 14.7 Å². The second-order valence-electron chi connectivity index (χ2n) is 12.0. The number of rotatable bonds is 5. The molecule has 0 saturated carbocycles. The van der Waals surface area contributed by atoms with E-state index in [4.69, 9.17) is 16.3 Å². The predicted molar refractivity (Wildman–Crippen MR) is 166 cm³/mol. The maximum absolute atomic E-state index is 11.7. The third kappa shape index (κ3) is 11.8. The highest BCUT2D eigenvalue weighted by molar-refractivity contribution is 6.67. The van der Waals surface area contributed by atoms with Gasteiger partial charge in [0.05, 0.1) is 0 Å². The lowest BCUT2D eigenvalue weighted by Crippen LogP contribution is -2.15. The molecule has 2 aromatic carbocycles. The summed E-state index contributed by atoms with van der Waals surface area (Å²) >= 11 is 4.87. The lowest BCUT2D eigenvalue weighted by Gasteiger charge is -2.22. The molecule has 2 rings (SSSR count). The SMILES string of the molecule is C=C(C)C(=O)Cl.C=C(C)C(=O)Oc1c(C)cc(C(C)(C)C)cc1CC.CCc1cc(C(C)(C)C)cc(C)c1O. The zero-order valence-corrected chi connectivity index (χ0v) is 26.9. The fourth-order valence-electron chi connectivity index (χ4n) is 3.42. The molecule has 0 aliphatic carbocycles. The fourth-order valence-corrected chi connectivity index (χ4v) is 3.42. The molecule has 0 spiro atoms. The Morgan fingerprint density at radius 3 is 1.51 bits per heavy atom. The molecule has 5 heteroatoms. The molecule has 0 unspecified atom stereocenters. The number of aromatic hydroxyl groups is 1. The molecule has 0 heterocycles. The average molecular weight is 557 g/mol. The average Bonchev–Trinajstić information content (AvgIpc) is 2.81. The Morgan fingerprint density at radius 1 is 0.795 bits per heavy atom. The molecule has 2 aromatic rings. The molecule has 216 valence electrons. The minimum absolute atomic E-state index is 0.0889. The Bertz CT molecular complexity index is 1180. The van der Waals surface area contributed by atoms with Crippen molar-refractivity contribution in [3.05, 3.63) is 82.0 Å². The highest BCUT2D eigenvalue weighted by atomic mass is 35.5. The van der Waals surface area contributed by atoms with Crippen LogP contribution in [0, 0.1) is 13.8 Å². The van der Waals surface area contributed by atoms with Crippen molar-refractivity contribution in [2.24, 2.45) is 0 Å². The Kier molecular flexibility index (Phi) is 14.0. The number of aryl methyl sites for hydroxylation is 4. The van der Waals surface area contributed by atoms with Crippen molar-refractivity contribution in [1.82, 2.24) is 0 Å². The monoisotopic (exact) mass is 556 g/mol. The summed E-state index contributed by atoms with van der Waals surface area (Å²) in [7, 11) is 0. The van der Waals surface area contributed by atoms with E-state index in [0.29, 0.717) is 22.6 Å². The zero-order chi connectivity index (χ0) is 30.9. The van der Waals surface area contributed by atoms with Crippen LogP contribution in [-0.2, 0) is 33.3 Å². The highest BCUT2D eigenvalue weighted by Gasteiger charge is 2.19. The van der Waals surface area contributed by atoms with E-state index in [2.05, 4.69) is 92.8 Å². The van der Waals surface area contributed by atoms with Crippen LogP contribution in [-0.4, -0.2) is 16.3 Å². The number of hydrogen-bond acceptors (Lipinski definition) is 4. The second kappa shape index (κ2) is 15.1. The third-order valence-corrected chi connectivity index (χ3v) is 6.43. The van der Waals surface area contributed by atoms with Crippen LogP contribution in [0.4, 0.5) is 0 Å². The van der Waals surface area contributed by atoms with Crippen LogP contribution < -0.4 is 4.74 Å². The summed E-state index contributed by atoms with van der Waals surface area (Å²) in [4.78, 5) is 21.5. The van der Waals surface area contributed by atoms with Crippen LogP contribution >= 0.6 is 11.6 Å². The molecular weight excluding hydrogens is 508 g/mol. The Labute approximate surface area is 242 Å². The van der Waals surface area contributed by atoms with Crippen molar-refractivity contribution in [2.45, 2.75) is 107 Å². The molecular formula is C34H49ClO4. The van der Waals surface area contributed by atoms with E-state index in [1.54, 1.807) is 13.8 Å². The van der Waals surface area contributed by atoms with Crippen molar-refractivity contribution in [2.75, 3.05) is 0 Å². The van der Waals surface area contributed by atoms with Gasteiger partial charge in [0.15, 0.2) is 0 Å². The van der Waals surface area contributed by atoms with Gasteiger partial charge in [0.2, 0.25) is 5.24 Å². The number of carbonyl (C=O) groups is 2. The van der Waals surface area contributed by atoms with E-state index < -0.39 is 5.24 Å². The number of phenols is 1. The molecule has 0 aromatic heterocycles. The van der Waals surface area contributed by atoms with Gasteiger partial charge in [-0.1, -0.05) is 92.8 Å². The van der Waals surface area contributed by atoms with E-state index in [1.807, 2.05) is 13.8 Å². The van der Waals surface area contributed by atoms with Crippen molar-refractivity contribution < 1.29 is 19.4 Å². The summed E-state index contributed by atoms with van der Waals surface area (Å²) in [5.41, 5.74) is 7.70. The lowest BCUT2D eigenvalue weighted by molar-refractivity contribution is -0.130. The Balaban J connectivity index is 0.000000631. The van der Waals surface area contributed by atoms with Crippen molar-refractivity contribution in [3.63, 3.8) is 0 Å². The first-order valence-electron chi connectivity index (χ1n) is 13.4. The molecule has 1 N–H and O–H groups in total. The van der Waals surface area contributed by atoms with Gasteiger partial charge in [-0.2, -0.15) is 0 Å². The van der Waals surface area contributed by atoms with Gasteiger partial charge in [0, 0.05) is 11.1 Å². The largest absolute Gasteiger partial charge is 0.507 e. The van der Waals surface area contributed by atoms with Gasteiger partial charge in [-0.25, -0.2) is 4.79 Å². The summed E-state index contributed by atoms with van der Waals surface area (Å²) in [6.45, 7) is 31.3. The number of ether oxygens (including phenoxy) is 1. The topological polar surface area (TPSA) is 63.6 Å². The number of phenolic OH excluding ortho intramolecular Hbond substituents is 1. The Hall–Kier alpha value is -2.85. The van der Waals surface area contributed by atoms with Gasteiger partial charge in [-0.05, 0) is 96.3 Å². The lowest BCUT2D eigenvalue weighted by atomic mass is 9.84. The van der Waals surface area contributed by atoms with Crippen LogP contribution in [0.15, 0.2) is 48.6 Å². The molecule has 0 fully saturated rings. The Morgan fingerprint density at radius 2 is 1.18 bits per heavy atom. The molecule has 0 bridgehead atoms. The van der Waals surface area contributed by atoms with E-state index in [-0.39, 0.29) is 16.8 Å². The number of allylic oxidation sites excluding steroid dienone is 1. The maximum atomic E-state index is 11.7. The molecule has 0 aliphatic rings. The molecule has 0 radical (unpaired) electrons. The van der Waals surface area contributed by atoms with Gasteiger partial charge in [-0.3, -0.25) is 4.79 Å². The standard InChI is InChI=1S/C17H24O2.C13H20O.C4H5ClO/c1-8-13-10-14(17(5,6)7)9-12(4)15(13)19-16(18)11(2)3;1-6-10-8-11(13(3,4)5)7-9(2)12(10)14;1-3(2)4(5)6/h9-10H,2,8H2,1,3-7H3;7-8,14H,6H2,1-5H3;1H2,2H3. The summed E-state index contributed by atoms with van der Waals surface area (Å²) < 4.78 is 5.46. The predicted octanol–water partition coefficient (Wildman–Crippen LogP) is 9.22. The summed E-state index contributed by atoms with van der Waals surface area (Å²) in [6.07, 6.45) is 1.72. The van der Waals surface area contributed by atoms with E-state index in [0.717, 1.165) is 35.1 Å². The molecule has 4 nitrogen and oxygen atoms in total. The van der Waals surface area contributed by atoms with Gasteiger partial charge < -0.3 is 9.84 Å². The first-order valence-corrected chi connectivity index (χ1v) is 13.7. The molecule has 0 aliphatic heterocycles. The smallest absolute Gasteiger partial charge is 0.338 e. The van der Waals surface area contributed by atoms with Gasteiger partial charge in [-0.15, -0.1) is 0 Å². The van der Waals surface area contributed by atoms with E-state index in [1.165, 1.54) is 11.1 Å². The molecule has 0 atom stereocenters. The van der Waals surface area contributed by atoms with Crippen LogP contribution in [0.5, 0.6) is 11.5 Å². The normalized spacial score (nSPS) is 10.9. The second-order valence-corrected chi connectivity index (χ2v) is 12.4. The number of benzene rings is 2. The molecule has 0 saturated heterocycles. The maximum Gasteiger partial charge on any atom is 0.338 e. The van der Waals surface area contributed by atoms with Crippen LogP contribution in [0.1, 0.15) is 103 Å². The van der Waals surface area contributed by atoms with Crippen molar-refractivity contribution in [3.8, 4) is 11.5 Å². The van der Waals surface area contributed by atoms with Crippen molar-refractivity contribution >= 4 is 22.8 Å². The number of halogens is 1. The number of carbonyl (C=O) groups excluding carboxylic acids is 2. The highest BCUT2D eigenvalue weighted by Crippen LogP contribution is 2.32. The van der Waals surface area contributed by atoms with E-state index >= 15 is 0 Å². The van der Waals surface area contributed by atoms with Crippen LogP contribution in [0.3, 0.4) is 0 Å². The van der Waals surface area contributed by atoms with Crippen LogP contribution in [0.25, 0.3) is 0 Å². The third-order valence-electron chi connectivity index (χ3n) is 6.10. The number of esters is 1. The fraction of sp³-hybridized carbons (Fsp3) is 0.471. The number of hydrogen-bond donors (Lipinski definition) is 1. The summed E-state index contributed by atoms with van der Waals surface area (Å²) in [5.74, 6) is 0.783. The summed E-state index contributed by atoms with van der Waals surface area (Å²) in [6, 6.07) is 8.42. The zero-order valence-electron chi connectivity index (χ0n) is 26.2. The van der Waals surface area contributed by atoms with Gasteiger partial charge in [0.25, 0.3) is 0 Å². The quantitative estimate of drug-likeness (QED) is 0.172. The first-order chi connectivity index (χ1) is 17.7.